The van der Waals surface area contributed by atoms with Gasteiger partial charge in [0, 0.05) is 49.5 Å². The number of ether oxygens (including phenoxy) is 1. The van der Waals surface area contributed by atoms with Crippen molar-refractivity contribution in [2.45, 2.75) is 6.54 Å². The lowest BCUT2D eigenvalue weighted by Crippen LogP contribution is -2.43. The molecule has 1 aliphatic heterocycles. The van der Waals surface area contributed by atoms with Gasteiger partial charge in [-0.1, -0.05) is 35.9 Å². The molecule has 6 heteroatoms. The normalized spacial score (nSPS) is 14.8. The Kier molecular flexibility index (Phi) is 5.64. The Balaban J connectivity index is 1.65. The molecule has 2 aromatic carbocycles. The number of methoxy groups -OCH3 is 1. The number of aromatic nitrogens is 2. The maximum Gasteiger partial charge on any atom is 0.137 e. The highest BCUT2D eigenvalue weighted by molar-refractivity contribution is 6.30. The summed E-state index contributed by atoms with van der Waals surface area (Å²) in [7, 11) is 1.70. The van der Waals surface area contributed by atoms with Crippen LogP contribution in [0.1, 0.15) is 5.69 Å². The van der Waals surface area contributed by atoms with E-state index in [1.807, 2.05) is 30.3 Å². The highest BCUT2D eigenvalue weighted by Gasteiger charge is 2.19. The Hall–Kier alpha value is -2.86. The quantitative estimate of drug-likeness (QED) is 0.494. The number of imidazole rings is 1. The molecule has 0 radical (unpaired) electrons. The van der Waals surface area contributed by atoms with Gasteiger partial charge in [-0.2, -0.15) is 0 Å². The zero-order valence-electron chi connectivity index (χ0n) is 17.5. The minimum atomic E-state index is 0.737. The lowest BCUT2D eigenvalue weighted by Gasteiger charge is -2.27. The van der Waals surface area contributed by atoms with Crippen LogP contribution in [-0.2, 0) is 6.54 Å². The van der Waals surface area contributed by atoms with Gasteiger partial charge in [0.15, 0.2) is 0 Å². The predicted molar refractivity (Wildman–Crippen MR) is 126 cm³/mol. The van der Waals surface area contributed by atoms with Gasteiger partial charge in [0.05, 0.1) is 18.5 Å². The largest absolute Gasteiger partial charge is 0.497 e. The maximum absolute atomic E-state index is 6.24. The molecule has 3 heterocycles. The van der Waals surface area contributed by atoms with Crippen molar-refractivity contribution in [3.05, 3.63) is 77.6 Å². The number of nitrogens with one attached hydrogen (secondary N) is 1. The fourth-order valence-electron chi connectivity index (χ4n) is 4.17. The number of fused-ring (bicyclic) bond motifs is 1. The van der Waals surface area contributed by atoms with E-state index in [9.17, 15) is 0 Å². The Labute approximate surface area is 187 Å². The average molecular weight is 433 g/mol. The molecule has 5 rings (SSSR count). The Morgan fingerprint density at radius 2 is 1.77 bits per heavy atom. The van der Waals surface area contributed by atoms with E-state index < -0.39 is 0 Å². The second-order valence-corrected chi connectivity index (χ2v) is 8.26. The molecule has 0 atom stereocenters. The number of nitrogens with zero attached hydrogens (tertiary/aromatic N) is 3. The lowest BCUT2D eigenvalue weighted by atomic mass is 10.1. The van der Waals surface area contributed by atoms with Gasteiger partial charge in [0.2, 0.25) is 0 Å². The van der Waals surface area contributed by atoms with Crippen molar-refractivity contribution in [3.63, 3.8) is 0 Å². The fraction of sp³-hybridized carbons (Fsp3) is 0.240. The molecule has 158 valence electrons. The molecule has 0 amide bonds. The van der Waals surface area contributed by atoms with Crippen molar-refractivity contribution in [1.82, 2.24) is 19.6 Å². The zero-order chi connectivity index (χ0) is 21.2. The SMILES string of the molecule is COc1cccc(-c2nc3ccc(-c4cccc(Cl)c4)cn3c2CN2CCNCC2)c1. The molecule has 31 heavy (non-hydrogen) atoms. The van der Waals surface area contributed by atoms with Gasteiger partial charge in [-0.05, 0) is 47.5 Å². The molecule has 0 bridgehead atoms. The van der Waals surface area contributed by atoms with Gasteiger partial charge in [0.25, 0.3) is 0 Å². The van der Waals surface area contributed by atoms with Crippen molar-refractivity contribution in [1.29, 1.82) is 0 Å². The van der Waals surface area contributed by atoms with E-state index in [2.05, 4.69) is 51.1 Å². The molecular formula is C25H25ClN4O. The standard InChI is InChI=1S/C25H25ClN4O/c1-31-22-7-3-5-19(15-22)25-23(17-29-12-10-27-11-13-29)30-16-20(8-9-24(30)28-25)18-4-2-6-21(26)14-18/h2-9,14-16,27H,10-13,17H2,1H3. The summed E-state index contributed by atoms with van der Waals surface area (Å²) in [5.74, 6) is 0.835. The molecule has 1 fully saturated rings. The molecule has 0 aliphatic carbocycles. The summed E-state index contributed by atoms with van der Waals surface area (Å²) in [6.07, 6.45) is 2.18. The van der Waals surface area contributed by atoms with Crippen molar-refractivity contribution in [2.24, 2.45) is 0 Å². The van der Waals surface area contributed by atoms with Crippen molar-refractivity contribution < 1.29 is 4.74 Å². The summed E-state index contributed by atoms with van der Waals surface area (Å²) in [6.45, 7) is 4.92. The molecule has 0 unspecified atom stereocenters. The van der Waals surface area contributed by atoms with E-state index in [4.69, 9.17) is 21.3 Å². The highest BCUT2D eigenvalue weighted by atomic mass is 35.5. The summed E-state index contributed by atoms with van der Waals surface area (Å²) in [5.41, 5.74) is 6.41. The number of benzene rings is 2. The monoisotopic (exact) mass is 432 g/mol. The van der Waals surface area contributed by atoms with Crippen LogP contribution in [0.15, 0.2) is 66.9 Å². The number of rotatable bonds is 5. The third-order valence-corrected chi connectivity index (χ3v) is 6.04. The zero-order valence-corrected chi connectivity index (χ0v) is 18.3. The first-order chi connectivity index (χ1) is 15.2. The first kappa shape index (κ1) is 20.1. The van der Waals surface area contributed by atoms with Gasteiger partial charge in [0.1, 0.15) is 11.4 Å². The predicted octanol–water partition coefficient (Wildman–Crippen LogP) is 4.74. The second-order valence-electron chi connectivity index (χ2n) is 7.82. The van der Waals surface area contributed by atoms with E-state index in [-0.39, 0.29) is 0 Å². The molecule has 5 nitrogen and oxygen atoms in total. The number of pyridine rings is 1. The number of hydrogen-bond acceptors (Lipinski definition) is 4. The van der Waals surface area contributed by atoms with Crippen molar-refractivity contribution in [2.75, 3.05) is 33.3 Å². The molecule has 1 N–H and O–H groups in total. The maximum atomic E-state index is 6.24. The van der Waals surface area contributed by atoms with Crippen LogP contribution in [0.25, 0.3) is 28.0 Å². The molecule has 4 aromatic rings. The van der Waals surface area contributed by atoms with Crippen LogP contribution in [0.3, 0.4) is 0 Å². The van der Waals surface area contributed by atoms with Crippen LogP contribution >= 0.6 is 11.6 Å². The molecule has 2 aromatic heterocycles. The summed E-state index contributed by atoms with van der Waals surface area (Å²) in [6, 6.07) is 20.3. The van der Waals surface area contributed by atoms with Crippen LogP contribution in [-0.4, -0.2) is 47.6 Å². The molecule has 0 saturated carbocycles. The lowest BCUT2D eigenvalue weighted by molar-refractivity contribution is 0.230. The van der Waals surface area contributed by atoms with E-state index in [0.717, 1.165) is 71.5 Å². The van der Waals surface area contributed by atoms with Crippen molar-refractivity contribution in [3.8, 4) is 28.1 Å². The molecular weight excluding hydrogens is 408 g/mol. The summed E-state index contributed by atoms with van der Waals surface area (Å²) < 4.78 is 7.69. The summed E-state index contributed by atoms with van der Waals surface area (Å²) in [4.78, 5) is 7.50. The number of piperazine rings is 1. The van der Waals surface area contributed by atoms with Gasteiger partial charge in [-0.25, -0.2) is 4.98 Å². The first-order valence-corrected chi connectivity index (χ1v) is 10.9. The van der Waals surface area contributed by atoms with Crippen LogP contribution in [0.5, 0.6) is 5.75 Å². The van der Waals surface area contributed by atoms with Gasteiger partial charge in [-0.3, -0.25) is 4.90 Å². The van der Waals surface area contributed by atoms with E-state index in [1.165, 1.54) is 5.69 Å². The Morgan fingerprint density at radius 3 is 2.58 bits per heavy atom. The van der Waals surface area contributed by atoms with Crippen LogP contribution in [0.2, 0.25) is 5.02 Å². The Bertz CT molecular complexity index is 1210. The van der Waals surface area contributed by atoms with Crippen molar-refractivity contribution >= 4 is 17.2 Å². The summed E-state index contributed by atoms with van der Waals surface area (Å²) >= 11 is 6.24. The van der Waals surface area contributed by atoms with Crippen LogP contribution in [0, 0.1) is 0 Å². The third kappa shape index (κ3) is 4.17. The molecule has 0 spiro atoms. The minimum Gasteiger partial charge on any atom is -0.497 e. The highest BCUT2D eigenvalue weighted by Crippen LogP contribution is 2.30. The first-order valence-electron chi connectivity index (χ1n) is 10.6. The van der Waals surface area contributed by atoms with Gasteiger partial charge < -0.3 is 14.5 Å². The van der Waals surface area contributed by atoms with Gasteiger partial charge >= 0.3 is 0 Å². The van der Waals surface area contributed by atoms with Gasteiger partial charge in [-0.15, -0.1) is 0 Å². The average Bonchev–Trinajstić information content (AvgIpc) is 3.17. The minimum absolute atomic E-state index is 0.737. The topological polar surface area (TPSA) is 41.8 Å². The molecule has 1 aliphatic rings. The van der Waals surface area contributed by atoms with E-state index >= 15 is 0 Å². The number of halogens is 1. The molecule has 1 saturated heterocycles. The number of hydrogen-bond donors (Lipinski definition) is 1. The Morgan fingerprint density at radius 1 is 0.968 bits per heavy atom. The van der Waals surface area contributed by atoms with E-state index in [0.29, 0.717) is 0 Å². The van der Waals surface area contributed by atoms with Crippen LogP contribution in [0.4, 0.5) is 0 Å². The van der Waals surface area contributed by atoms with Crippen LogP contribution < -0.4 is 10.1 Å². The third-order valence-electron chi connectivity index (χ3n) is 5.80. The second kappa shape index (κ2) is 8.71. The summed E-state index contributed by atoms with van der Waals surface area (Å²) in [5, 5.41) is 4.17. The fourth-order valence-corrected chi connectivity index (χ4v) is 4.36. The smallest absolute Gasteiger partial charge is 0.137 e. The van der Waals surface area contributed by atoms with E-state index in [1.54, 1.807) is 7.11 Å².